The highest BCUT2D eigenvalue weighted by Crippen LogP contribution is 2.40. The normalized spacial score (nSPS) is 25.0. The SMILES string of the molecule is CCCC[C@H](NC(=O)[C@@H]1CCCN1C(=O)[C@@H](NC(=O)NC1([C@H](C)S(=O)O)CCCCC1)C1(C)CCCCC1)C(=O)C(=O)NC1CC1. The fraction of sp³-hybridized carbons (Fsp3) is 0.848. The summed E-state index contributed by atoms with van der Waals surface area (Å²) in [5.41, 5.74) is -1.40. The molecule has 0 aromatic rings. The molecule has 0 spiro atoms. The van der Waals surface area contributed by atoms with E-state index in [4.69, 9.17) is 0 Å². The number of unbranched alkanes of at least 4 members (excludes halogenated alkanes) is 1. The Labute approximate surface area is 276 Å². The number of ketones is 1. The molecule has 1 unspecified atom stereocenters. The van der Waals surface area contributed by atoms with Crippen molar-refractivity contribution in [3.63, 3.8) is 0 Å². The van der Waals surface area contributed by atoms with Gasteiger partial charge in [-0.3, -0.25) is 19.2 Å². The molecule has 0 aromatic heterocycles. The zero-order valence-electron chi connectivity index (χ0n) is 27.9. The van der Waals surface area contributed by atoms with E-state index in [0.29, 0.717) is 45.1 Å². The number of nitrogens with zero attached hydrogens (tertiary/aromatic N) is 1. The third kappa shape index (κ3) is 8.87. The smallest absolute Gasteiger partial charge is 0.315 e. The van der Waals surface area contributed by atoms with Gasteiger partial charge in [0.2, 0.25) is 17.6 Å². The highest BCUT2D eigenvalue weighted by Gasteiger charge is 2.48. The summed E-state index contributed by atoms with van der Waals surface area (Å²) in [6, 6.07) is -3.22. The average molecular weight is 666 g/mol. The number of nitrogens with one attached hydrogen (secondary N) is 4. The van der Waals surface area contributed by atoms with Crippen molar-refractivity contribution in [3.8, 4) is 0 Å². The Balaban J connectivity index is 1.51. The second kappa shape index (κ2) is 16.0. The van der Waals surface area contributed by atoms with E-state index >= 15 is 0 Å². The topological polar surface area (TPSA) is 174 Å². The minimum absolute atomic E-state index is 0.0201. The van der Waals surface area contributed by atoms with Crippen LogP contribution in [-0.2, 0) is 30.3 Å². The number of urea groups is 1. The van der Waals surface area contributed by atoms with Crippen LogP contribution in [0.3, 0.4) is 0 Å². The van der Waals surface area contributed by atoms with E-state index in [9.17, 15) is 32.7 Å². The molecule has 260 valence electrons. The monoisotopic (exact) mass is 665 g/mol. The number of likely N-dealkylation sites (tertiary alicyclic amines) is 1. The first-order chi connectivity index (χ1) is 21.9. The Kier molecular flexibility index (Phi) is 12.7. The van der Waals surface area contributed by atoms with Gasteiger partial charge in [-0.25, -0.2) is 9.00 Å². The summed E-state index contributed by atoms with van der Waals surface area (Å²) in [5.74, 6) is -2.14. The number of carbonyl (C=O) groups is 5. The molecule has 1 saturated heterocycles. The Bertz CT molecular complexity index is 1150. The first-order valence-corrected chi connectivity index (χ1v) is 18.7. The van der Waals surface area contributed by atoms with Gasteiger partial charge in [-0.05, 0) is 70.1 Å². The van der Waals surface area contributed by atoms with E-state index in [1.54, 1.807) is 6.92 Å². The van der Waals surface area contributed by atoms with Gasteiger partial charge in [0.1, 0.15) is 12.1 Å². The molecule has 46 heavy (non-hydrogen) atoms. The van der Waals surface area contributed by atoms with Gasteiger partial charge in [0, 0.05) is 12.6 Å². The summed E-state index contributed by atoms with van der Waals surface area (Å²) in [7, 11) is 0. The van der Waals surface area contributed by atoms with Crippen LogP contribution in [0, 0.1) is 5.41 Å². The van der Waals surface area contributed by atoms with Gasteiger partial charge >= 0.3 is 6.03 Å². The van der Waals surface area contributed by atoms with Crippen molar-refractivity contribution in [2.24, 2.45) is 5.41 Å². The summed E-state index contributed by atoms with van der Waals surface area (Å²) in [5, 5.41) is 10.9. The summed E-state index contributed by atoms with van der Waals surface area (Å²) < 4.78 is 22.1. The zero-order chi connectivity index (χ0) is 33.5. The molecule has 12 nitrogen and oxygen atoms in total. The van der Waals surface area contributed by atoms with Crippen molar-refractivity contribution in [1.29, 1.82) is 0 Å². The Morgan fingerprint density at radius 1 is 0.913 bits per heavy atom. The molecule has 5 amide bonds. The summed E-state index contributed by atoms with van der Waals surface area (Å²) in [6.07, 6.45) is 12.6. The van der Waals surface area contributed by atoms with Crippen molar-refractivity contribution < 1.29 is 32.7 Å². The summed E-state index contributed by atoms with van der Waals surface area (Å²) >= 11 is -2.13. The number of amides is 5. The minimum atomic E-state index is -2.13. The molecule has 4 fully saturated rings. The lowest BCUT2D eigenvalue weighted by Gasteiger charge is -2.44. The molecule has 5 atom stereocenters. The lowest BCUT2D eigenvalue weighted by Crippen LogP contribution is -2.65. The molecular formula is C33H55N5O7S. The van der Waals surface area contributed by atoms with Crippen LogP contribution in [0.1, 0.15) is 130 Å². The maximum absolute atomic E-state index is 14.4. The van der Waals surface area contributed by atoms with Crippen LogP contribution in [-0.4, -0.2) is 84.7 Å². The Morgan fingerprint density at radius 2 is 1.54 bits per heavy atom. The molecule has 4 aliphatic rings. The van der Waals surface area contributed by atoms with Gasteiger partial charge in [-0.15, -0.1) is 0 Å². The predicted octanol–water partition coefficient (Wildman–Crippen LogP) is 3.45. The standard InChI is InChI=1S/C33H55N5O7S/c1-4-5-13-24(26(39)29(41)34-23-15-16-23)35-28(40)25-14-12-21-38(25)30(42)27(32(3)17-8-6-9-18-32)36-31(43)37-33(22(2)46(44)45)19-10-7-11-20-33/h22-25,27H,4-21H2,1-3H3,(H,34,41)(H,35,40)(H,44,45)(H2,36,37,43)/t22-,24-,25-,27+/m0/s1. The highest BCUT2D eigenvalue weighted by molar-refractivity contribution is 7.80. The maximum atomic E-state index is 14.4. The van der Waals surface area contributed by atoms with E-state index in [1.165, 1.54) is 4.90 Å². The van der Waals surface area contributed by atoms with Crippen molar-refractivity contribution in [2.75, 3.05) is 6.54 Å². The Hall–Kier alpha value is -2.54. The zero-order valence-corrected chi connectivity index (χ0v) is 28.7. The number of Topliss-reactive ketones (excluding diaryl/α,β-unsaturated/α-hetero) is 1. The summed E-state index contributed by atoms with van der Waals surface area (Å²) in [4.78, 5) is 69.0. The third-order valence-corrected chi connectivity index (χ3v) is 11.9. The molecule has 0 bridgehead atoms. The molecule has 3 aliphatic carbocycles. The van der Waals surface area contributed by atoms with Crippen LogP contribution in [0.2, 0.25) is 0 Å². The van der Waals surface area contributed by atoms with Gasteiger partial charge in [0.15, 0.2) is 11.1 Å². The highest BCUT2D eigenvalue weighted by atomic mass is 32.2. The lowest BCUT2D eigenvalue weighted by atomic mass is 9.70. The number of hydrogen-bond donors (Lipinski definition) is 5. The van der Waals surface area contributed by atoms with Crippen LogP contribution in [0.25, 0.3) is 0 Å². The number of hydrogen-bond acceptors (Lipinski definition) is 6. The second-order valence-corrected chi connectivity index (χ2v) is 15.6. The second-order valence-electron chi connectivity index (χ2n) is 14.4. The van der Waals surface area contributed by atoms with Gasteiger partial charge in [0.05, 0.1) is 16.8 Å². The van der Waals surface area contributed by atoms with Crippen LogP contribution < -0.4 is 21.3 Å². The molecule has 0 aromatic carbocycles. The largest absolute Gasteiger partial charge is 0.347 e. The van der Waals surface area contributed by atoms with Crippen LogP contribution in [0.15, 0.2) is 0 Å². The van der Waals surface area contributed by atoms with Gasteiger partial charge in [0.25, 0.3) is 5.91 Å². The quantitative estimate of drug-likeness (QED) is 0.140. The average Bonchev–Trinajstić information content (AvgIpc) is 3.71. The van der Waals surface area contributed by atoms with Gasteiger partial charge in [-0.1, -0.05) is 65.2 Å². The molecule has 1 aliphatic heterocycles. The maximum Gasteiger partial charge on any atom is 0.315 e. The minimum Gasteiger partial charge on any atom is -0.347 e. The van der Waals surface area contributed by atoms with Crippen molar-refractivity contribution >= 4 is 40.6 Å². The van der Waals surface area contributed by atoms with Crippen LogP contribution >= 0.6 is 0 Å². The van der Waals surface area contributed by atoms with E-state index < -0.39 is 69.0 Å². The van der Waals surface area contributed by atoms with Crippen molar-refractivity contribution in [1.82, 2.24) is 26.2 Å². The number of rotatable bonds is 14. The van der Waals surface area contributed by atoms with E-state index in [-0.39, 0.29) is 11.9 Å². The fourth-order valence-corrected chi connectivity index (χ4v) is 8.32. The Morgan fingerprint density at radius 3 is 2.13 bits per heavy atom. The lowest BCUT2D eigenvalue weighted by molar-refractivity contribution is -0.144. The van der Waals surface area contributed by atoms with E-state index in [0.717, 1.165) is 70.6 Å². The molecule has 13 heteroatoms. The molecule has 1 heterocycles. The first kappa shape index (κ1) is 36.3. The molecule has 0 radical (unpaired) electrons. The molecule has 3 saturated carbocycles. The fourth-order valence-electron chi connectivity index (χ4n) is 7.64. The van der Waals surface area contributed by atoms with Crippen molar-refractivity contribution in [3.05, 3.63) is 0 Å². The summed E-state index contributed by atoms with van der Waals surface area (Å²) in [6.45, 7) is 6.00. The third-order valence-electron chi connectivity index (χ3n) is 10.9. The molecule has 4 rings (SSSR count). The first-order valence-electron chi connectivity index (χ1n) is 17.5. The van der Waals surface area contributed by atoms with Crippen LogP contribution in [0.4, 0.5) is 4.79 Å². The molecule has 5 N–H and O–H groups in total. The predicted molar refractivity (Wildman–Crippen MR) is 175 cm³/mol. The van der Waals surface area contributed by atoms with E-state index in [1.807, 2.05) is 13.8 Å². The molecular weight excluding hydrogens is 610 g/mol. The van der Waals surface area contributed by atoms with Crippen molar-refractivity contribution in [2.45, 2.75) is 165 Å². The van der Waals surface area contributed by atoms with Gasteiger partial charge in [-0.2, -0.15) is 0 Å². The number of carbonyl (C=O) groups excluding carboxylic acids is 5. The van der Waals surface area contributed by atoms with E-state index in [2.05, 4.69) is 21.3 Å². The van der Waals surface area contributed by atoms with Gasteiger partial charge < -0.3 is 30.7 Å². The van der Waals surface area contributed by atoms with Crippen LogP contribution in [0.5, 0.6) is 0 Å².